The minimum Gasteiger partial charge on any atom is -0.373 e. The molecule has 0 amide bonds. The largest absolute Gasteiger partial charge is 0.373 e. The maximum absolute atomic E-state index is 6.11. The number of nitrogens with one attached hydrogen (secondary N) is 1. The van der Waals surface area contributed by atoms with Crippen molar-refractivity contribution in [1.29, 1.82) is 0 Å². The number of ether oxygens (including phenoxy) is 1. The Labute approximate surface area is 190 Å². The van der Waals surface area contributed by atoms with Crippen molar-refractivity contribution < 1.29 is 4.74 Å². The Kier molecular flexibility index (Phi) is 8.26. The fraction of sp³-hybridized carbons (Fsp3) is 0.455. The summed E-state index contributed by atoms with van der Waals surface area (Å²) in [6.45, 7) is 8.11. The van der Waals surface area contributed by atoms with E-state index in [1.165, 1.54) is 5.56 Å². The van der Waals surface area contributed by atoms with Crippen molar-refractivity contribution in [3.05, 3.63) is 66.0 Å². The van der Waals surface area contributed by atoms with Crippen LogP contribution < -0.4 is 5.32 Å². The number of pyridine rings is 1. The number of morpholine rings is 1. The molecule has 0 bridgehead atoms. The van der Waals surface area contributed by atoms with E-state index in [0.29, 0.717) is 12.6 Å². The molecule has 29 heavy (non-hydrogen) atoms. The van der Waals surface area contributed by atoms with E-state index in [1.54, 1.807) is 0 Å². The number of likely N-dealkylation sites (tertiary alicyclic amines) is 1. The number of aliphatic imine (C=N–C) groups is 1. The molecule has 2 unspecified atom stereocenters. The molecular formula is C22H30IN5O. The Morgan fingerprint density at radius 1 is 1.17 bits per heavy atom. The van der Waals surface area contributed by atoms with Gasteiger partial charge in [0.25, 0.3) is 0 Å². The summed E-state index contributed by atoms with van der Waals surface area (Å²) in [7, 11) is 0. The third kappa shape index (κ3) is 5.67. The van der Waals surface area contributed by atoms with Crippen LogP contribution in [0.5, 0.6) is 0 Å². The zero-order valence-corrected chi connectivity index (χ0v) is 19.2. The highest BCUT2D eigenvalue weighted by Gasteiger charge is 2.41. The molecule has 2 fully saturated rings. The average Bonchev–Trinajstić information content (AvgIpc) is 3.18. The van der Waals surface area contributed by atoms with Gasteiger partial charge in [-0.15, -0.1) is 24.0 Å². The second-order valence-corrected chi connectivity index (χ2v) is 7.33. The predicted octanol–water partition coefficient (Wildman–Crippen LogP) is 2.75. The van der Waals surface area contributed by atoms with Crippen LogP contribution in [0.1, 0.15) is 18.2 Å². The van der Waals surface area contributed by atoms with Gasteiger partial charge < -0.3 is 15.0 Å². The van der Waals surface area contributed by atoms with Gasteiger partial charge in [0.15, 0.2) is 5.96 Å². The normalized spacial score (nSPS) is 22.1. The van der Waals surface area contributed by atoms with Crippen molar-refractivity contribution in [3.63, 3.8) is 0 Å². The molecule has 6 nitrogen and oxygen atoms in total. The van der Waals surface area contributed by atoms with Crippen molar-refractivity contribution >= 4 is 29.9 Å². The maximum atomic E-state index is 6.11. The molecule has 1 N–H and O–H groups in total. The number of halogens is 1. The van der Waals surface area contributed by atoms with Crippen LogP contribution in [0.15, 0.2) is 59.7 Å². The Morgan fingerprint density at radius 3 is 2.76 bits per heavy atom. The van der Waals surface area contributed by atoms with Crippen LogP contribution in [0.4, 0.5) is 0 Å². The molecule has 4 rings (SSSR count). The number of rotatable bonds is 5. The molecule has 0 aliphatic carbocycles. The molecule has 2 atom stereocenters. The number of hydrogen-bond donors (Lipinski definition) is 1. The Balaban J connectivity index is 0.00000240. The minimum absolute atomic E-state index is 0. The van der Waals surface area contributed by atoms with Crippen LogP contribution in [0.3, 0.4) is 0 Å². The topological polar surface area (TPSA) is 53.0 Å². The van der Waals surface area contributed by atoms with Gasteiger partial charge >= 0.3 is 0 Å². The molecule has 3 heterocycles. The van der Waals surface area contributed by atoms with E-state index in [0.717, 1.165) is 51.0 Å². The fourth-order valence-corrected chi connectivity index (χ4v) is 4.02. The van der Waals surface area contributed by atoms with Crippen LogP contribution >= 0.6 is 24.0 Å². The van der Waals surface area contributed by atoms with Gasteiger partial charge in [-0.2, -0.15) is 0 Å². The first kappa shape index (κ1) is 22.0. The van der Waals surface area contributed by atoms with E-state index in [2.05, 4.69) is 57.4 Å². The lowest BCUT2D eigenvalue weighted by atomic mass is 10.1. The molecule has 2 aliphatic rings. The van der Waals surface area contributed by atoms with Crippen LogP contribution in [-0.2, 0) is 17.8 Å². The van der Waals surface area contributed by atoms with Gasteiger partial charge in [-0.1, -0.05) is 36.4 Å². The van der Waals surface area contributed by atoms with Gasteiger partial charge in [0.2, 0.25) is 0 Å². The number of nitrogens with zero attached hydrogens (tertiary/aromatic N) is 4. The van der Waals surface area contributed by atoms with Crippen molar-refractivity contribution in [2.45, 2.75) is 32.2 Å². The third-order valence-electron chi connectivity index (χ3n) is 5.40. The van der Waals surface area contributed by atoms with Crippen LogP contribution in [0.2, 0.25) is 0 Å². The highest BCUT2D eigenvalue weighted by molar-refractivity contribution is 14.0. The number of aromatic nitrogens is 1. The number of guanidine groups is 1. The second-order valence-electron chi connectivity index (χ2n) is 7.33. The van der Waals surface area contributed by atoms with Gasteiger partial charge in [-0.05, 0) is 24.6 Å². The molecule has 2 aliphatic heterocycles. The molecule has 1 aromatic heterocycles. The highest BCUT2D eigenvalue weighted by Crippen LogP contribution is 2.24. The molecule has 156 valence electrons. The van der Waals surface area contributed by atoms with E-state index in [9.17, 15) is 0 Å². The maximum Gasteiger partial charge on any atom is 0.194 e. The number of benzene rings is 1. The van der Waals surface area contributed by atoms with Crippen LogP contribution in [-0.4, -0.2) is 65.7 Å². The molecule has 0 spiro atoms. The van der Waals surface area contributed by atoms with E-state index < -0.39 is 0 Å². The summed E-state index contributed by atoms with van der Waals surface area (Å²) in [4.78, 5) is 14.1. The van der Waals surface area contributed by atoms with E-state index in [1.807, 2.05) is 24.4 Å². The van der Waals surface area contributed by atoms with Crippen LogP contribution in [0.25, 0.3) is 0 Å². The summed E-state index contributed by atoms with van der Waals surface area (Å²) in [5, 5.41) is 3.44. The summed E-state index contributed by atoms with van der Waals surface area (Å²) >= 11 is 0. The highest BCUT2D eigenvalue weighted by atomic mass is 127. The quantitative estimate of drug-likeness (QED) is 0.384. The number of fused-ring (bicyclic) bond motifs is 1. The van der Waals surface area contributed by atoms with Crippen LogP contribution in [0, 0.1) is 0 Å². The van der Waals surface area contributed by atoms with E-state index in [-0.39, 0.29) is 30.1 Å². The molecule has 1 aromatic carbocycles. The summed E-state index contributed by atoms with van der Waals surface area (Å²) in [5.41, 5.74) is 2.34. The van der Waals surface area contributed by atoms with Crippen molar-refractivity contribution in [2.24, 2.45) is 4.99 Å². The lowest BCUT2D eigenvalue weighted by Gasteiger charge is -2.36. The van der Waals surface area contributed by atoms with E-state index in [4.69, 9.17) is 9.73 Å². The number of hydrogen-bond acceptors (Lipinski definition) is 4. The molecule has 2 saturated heterocycles. The van der Waals surface area contributed by atoms with Gasteiger partial charge in [-0.3, -0.25) is 9.88 Å². The average molecular weight is 507 g/mol. The standard InChI is InChI=1S/C22H29N5O.HI/c1-2-23-22(25-14-19-10-6-7-11-24-19)27-16-20-21(17-27)28-13-12-26(20)15-18-8-4-3-5-9-18;/h3-11,20-21H,2,12-17H2,1H3,(H,23,25);1H. The first-order valence-electron chi connectivity index (χ1n) is 10.2. The third-order valence-corrected chi connectivity index (χ3v) is 5.40. The van der Waals surface area contributed by atoms with Gasteiger partial charge in [0, 0.05) is 38.9 Å². The predicted molar refractivity (Wildman–Crippen MR) is 126 cm³/mol. The first-order chi connectivity index (χ1) is 13.8. The van der Waals surface area contributed by atoms with Gasteiger partial charge in [0.05, 0.1) is 31.0 Å². The molecule has 7 heteroatoms. The zero-order chi connectivity index (χ0) is 19.2. The molecule has 0 radical (unpaired) electrons. The zero-order valence-electron chi connectivity index (χ0n) is 16.9. The SMILES string of the molecule is CCNC(=NCc1ccccn1)N1CC2OCCN(Cc3ccccc3)C2C1.I. The summed E-state index contributed by atoms with van der Waals surface area (Å²) in [6.07, 6.45) is 2.05. The second kappa shape index (κ2) is 10.9. The fourth-order valence-electron chi connectivity index (χ4n) is 4.02. The molecule has 2 aromatic rings. The molecular weight excluding hydrogens is 477 g/mol. The first-order valence-corrected chi connectivity index (χ1v) is 10.2. The monoisotopic (exact) mass is 507 g/mol. The Hall–Kier alpha value is -1.71. The Morgan fingerprint density at radius 2 is 2.00 bits per heavy atom. The lowest BCUT2D eigenvalue weighted by molar-refractivity contribution is -0.0502. The van der Waals surface area contributed by atoms with Crippen molar-refractivity contribution in [3.8, 4) is 0 Å². The van der Waals surface area contributed by atoms with Crippen molar-refractivity contribution in [2.75, 3.05) is 32.8 Å². The van der Waals surface area contributed by atoms with E-state index >= 15 is 0 Å². The van der Waals surface area contributed by atoms with Crippen molar-refractivity contribution in [1.82, 2.24) is 20.1 Å². The Bertz CT molecular complexity index is 773. The molecule has 0 saturated carbocycles. The minimum atomic E-state index is 0. The van der Waals surface area contributed by atoms with Gasteiger partial charge in [0.1, 0.15) is 0 Å². The summed E-state index contributed by atoms with van der Waals surface area (Å²) in [5.74, 6) is 0.950. The summed E-state index contributed by atoms with van der Waals surface area (Å²) in [6, 6.07) is 17.1. The lowest BCUT2D eigenvalue weighted by Crippen LogP contribution is -2.50. The smallest absolute Gasteiger partial charge is 0.194 e. The summed E-state index contributed by atoms with van der Waals surface area (Å²) < 4.78 is 6.11. The van der Waals surface area contributed by atoms with Gasteiger partial charge in [-0.25, -0.2) is 4.99 Å².